The van der Waals surface area contributed by atoms with Gasteiger partial charge in [0, 0.05) is 4.47 Å². The van der Waals surface area contributed by atoms with E-state index < -0.39 is 0 Å². The van der Waals surface area contributed by atoms with Crippen molar-refractivity contribution in [2.75, 3.05) is 6.54 Å². The summed E-state index contributed by atoms with van der Waals surface area (Å²) in [7, 11) is 0. The van der Waals surface area contributed by atoms with E-state index in [1.54, 1.807) is 12.1 Å². The zero-order chi connectivity index (χ0) is 15.4. The Morgan fingerprint density at radius 2 is 1.67 bits per heavy atom. The molecule has 1 N–H and O–H groups in total. The van der Waals surface area contributed by atoms with Crippen LogP contribution < -0.4 is 5.32 Å². The Hall–Kier alpha value is -1.19. The number of halogens is 2. The molecule has 0 saturated carbocycles. The fourth-order valence-corrected chi connectivity index (χ4v) is 2.90. The molecular formula is C18H21BrFN. The predicted molar refractivity (Wildman–Crippen MR) is 90.2 cm³/mol. The standard InChI is InChI=1S/C18H21BrFN/c1-4-21-18(16-11-15(20)9-10-17(16)19)14-7-5-13(6-8-14)12(2)3/h5-12,18,21H,4H2,1-3H3. The summed E-state index contributed by atoms with van der Waals surface area (Å²) in [5, 5.41) is 3.44. The van der Waals surface area contributed by atoms with Crippen molar-refractivity contribution in [1.82, 2.24) is 5.32 Å². The van der Waals surface area contributed by atoms with Crippen molar-refractivity contribution < 1.29 is 4.39 Å². The summed E-state index contributed by atoms with van der Waals surface area (Å²) in [6.07, 6.45) is 0. The summed E-state index contributed by atoms with van der Waals surface area (Å²) in [5.74, 6) is 0.299. The van der Waals surface area contributed by atoms with E-state index in [-0.39, 0.29) is 11.9 Å². The molecule has 1 atom stereocenters. The second-order valence-corrected chi connectivity index (χ2v) is 6.33. The van der Waals surface area contributed by atoms with Gasteiger partial charge < -0.3 is 5.32 Å². The molecule has 0 heterocycles. The van der Waals surface area contributed by atoms with E-state index >= 15 is 0 Å². The number of nitrogens with one attached hydrogen (secondary N) is 1. The Morgan fingerprint density at radius 3 is 2.24 bits per heavy atom. The van der Waals surface area contributed by atoms with Crippen molar-refractivity contribution in [3.8, 4) is 0 Å². The molecule has 0 radical (unpaired) electrons. The van der Waals surface area contributed by atoms with Crippen LogP contribution in [0.1, 0.15) is 49.4 Å². The minimum absolute atomic E-state index is 0.0127. The Balaban J connectivity index is 2.40. The normalized spacial score (nSPS) is 12.7. The molecule has 0 fully saturated rings. The molecule has 0 bridgehead atoms. The van der Waals surface area contributed by atoms with Crippen LogP contribution in [-0.2, 0) is 0 Å². The van der Waals surface area contributed by atoms with Crippen LogP contribution in [0.2, 0.25) is 0 Å². The highest BCUT2D eigenvalue weighted by atomic mass is 79.9. The van der Waals surface area contributed by atoms with Crippen molar-refractivity contribution in [2.45, 2.75) is 32.7 Å². The molecule has 2 aromatic carbocycles. The molecular weight excluding hydrogens is 329 g/mol. The molecule has 1 unspecified atom stereocenters. The molecule has 0 aliphatic heterocycles. The number of benzene rings is 2. The quantitative estimate of drug-likeness (QED) is 0.760. The summed E-state index contributed by atoms with van der Waals surface area (Å²) in [5.41, 5.74) is 3.38. The summed E-state index contributed by atoms with van der Waals surface area (Å²) < 4.78 is 14.5. The molecule has 21 heavy (non-hydrogen) atoms. The lowest BCUT2D eigenvalue weighted by Gasteiger charge is -2.21. The Morgan fingerprint density at radius 1 is 1.05 bits per heavy atom. The van der Waals surface area contributed by atoms with E-state index in [0.717, 1.165) is 22.1 Å². The van der Waals surface area contributed by atoms with E-state index in [4.69, 9.17) is 0 Å². The third-order valence-corrected chi connectivity index (χ3v) is 4.34. The van der Waals surface area contributed by atoms with Gasteiger partial charge in [-0.15, -0.1) is 0 Å². The minimum Gasteiger partial charge on any atom is -0.306 e. The maximum absolute atomic E-state index is 13.6. The van der Waals surface area contributed by atoms with E-state index in [0.29, 0.717) is 5.92 Å². The van der Waals surface area contributed by atoms with Gasteiger partial charge >= 0.3 is 0 Å². The third-order valence-electron chi connectivity index (χ3n) is 3.61. The van der Waals surface area contributed by atoms with Gasteiger partial charge in [0.05, 0.1) is 6.04 Å². The largest absolute Gasteiger partial charge is 0.306 e. The molecule has 112 valence electrons. The van der Waals surface area contributed by atoms with Crippen molar-refractivity contribution in [3.05, 3.63) is 69.4 Å². The smallest absolute Gasteiger partial charge is 0.123 e. The summed E-state index contributed by atoms with van der Waals surface area (Å²) in [6, 6.07) is 13.4. The van der Waals surface area contributed by atoms with Crippen LogP contribution in [0.4, 0.5) is 4.39 Å². The molecule has 0 aliphatic carbocycles. The summed E-state index contributed by atoms with van der Waals surface area (Å²) >= 11 is 3.53. The van der Waals surface area contributed by atoms with Crippen LogP contribution >= 0.6 is 15.9 Å². The predicted octanol–water partition coefficient (Wildman–Crippen LogP) is 5.41. The van der Waals surface area contributed by atoms with E-state index in [1.807, 2.05) is 0 Å². The monoisotopic (exact) mass is 349 g/mol. The van der Waals surface area contributed by atoms with Gasteiger partial charge in [0.2, 0.25) is 0 Å². The number of hydrogen-bond acceptors (Lipinski definition) is 1. The van der Waals surface area contributed by atoms with Gasteiger partial charge in [-0.05, 0) is 47.4 Å². The van der Waals surface area contributed by atoms with E-state index in [2.05, 4.69) is 66.3 Å². The first-order valence-corrected chi connectivity index (χ1v) is 8.10. The first-order valence-electron chi connectivity index (χ1n) is 7.31. The topological polar surface area (TPSA) is 12.0 Å². The zero-order valence-corrected chi connectivity index (χ0v) is 14.2. The van der Waals surface area contributed by atoms with Gasteiger partial charge in [0.1, 0.15) is 5.82 Å². The Labute approximate surface area is 134 Å². The van der Waals surface area contributed by atoms with Crippen LogP contribution in [0.25, 0.3) is 0 Å². The molecule has 0 amide bonds. The van der Waals surface area contributed by atoms with E-state index in [9.17, 15) is 4.39 Å². The van der Waals surface area contributed by atoms with Gasteiger partial charge in [0.25, 0.3) is 0 Å². The summed E-state index contributed by atoms with van der Waals surface area (Å²) in [4.78, 5) is 0. The van der Waals surface area contributed by atoms with Gasteiger partial charge in [-0.25, -0.2) is 4.39 Å². The average Bonchev–Trinajstić information content (AvgIpc) is 2.48. The molecule has 0 aromatic heterocycles. The molecule has 0 aliphatic rings. The van der Waals surface area contributed by atoms with Crippen molar-refractivity contribution in [3.63, 3.8) is 0 Å². The second kappa shape index (κ2) is 7.19. The first kappa shape index (κ1) is 16.2. The number of hydrogen-bond donors (Lipinski definition) is 1. The molecule has 0 spiro atoms. The van der Waals surface area contributed by atoms with Crippen LogP contribution in [0, 0.1) is 5.82 Å². The van der Waals surface area contributed by atoms with Crippen LogP contribution in [0.5, 0.6) is 0 Å². The van der Waals surface area contributed by atoms with E-state index in [1.165, 1.54) is 11.6 Å². The zero-order valence-electron chi connectivity index (χ0n) is 12.7. The molecule has 2 aromatic rings. The van der Waals surface area contributed by atoms with Crippen molar-refractivity contribution in [2.24, 2.45) is 0 Å². The molecule has 0 saturated heterocycles. The van der Waals surface area contributed by atoms with Gasteiger partial charge in [-0.2, -0.15) is 0 Å². The van der Waals surface area contributed by atoms with Crippen LogP contribution in [0.3, 0.4) is 0 Å². The lowest BCUT2D eigenvalue weighted by molar-refractivity contribution is 0.601. The fraction of sp³-hybridized carbons (Fsp3) is 0.333. The van der Waals surface area contributed by atoms with Crippen LogP contribution in [-0.4, -0.2) is 6.54 Å². The highest BCUT2D eigenvalue weighted by Gasteiger charge is 2.16. The van der Waals surface area contributed by atoms with Crippen molar-refractivity contribution >= 4 is 15.9 Å². The third kappa shape index (κ3) is 3.92. The SMILES string of the molecule is CCNC(c1ccc(C(C)C)cc1)c1cc(F)ccc1Br. The molecule has 2 rings (SSSR count). The fourth-order valence-electron chi connectivity index (χ4n) is 2.42. The van der Waals surface area contributed by atoms with Gasteiger partial charge in [-0.3, -0.25) is 0 Å². The van der Waals surface area contributed by atoms with Crippen LogP contribution in [0.15, 0.2) is 46.9 Å². The maximum Gasteiger partial charge on any atom is 0.123 e. The molecule has 3 heteroatoms. The second-order valence-electron chi connectivity index (χ2n) is 5.48. The highest BCUT2D eigenvalue weighted by Crippen LogP contribution is 2.30. The van der Waals surface area contributed by atoms with Crippen molar-refractivity contribution in [1.29, 1.82) is 0 Å². The average molecular weight is 350 g/mol. The van der Waals surface area contributed by atoms with Gasteiger partial charge in [0.15, 0.2) is 0 Å². The number of rotatable bonds is 5. The first-order chi connectivity index (χ1) is 10.0. The minimum atomic E-state index is -0.213. The van der Waals surface area contributed by atoms with Gasteiger partial charge in [-0.1, -0.05) is 61.0 Å². The Bertz CT molecular complexity index is 593. The molecule has 1 nitrogen and oxygen atoms in total. The lowest BCUT2D eigenvalue weighted by atomic mass is 9.95. The summed E-state index contributed by atoms with van der Waals surface area (Å²) in [6.45, 7) is 7.24. The highest BCUT2D eigenvalue weighted by molar-refractivity contribution is 9.10. The maximum atomic E-state index is 13.6. The lowest BCUT2D eigenvalue weighted by Crippen LogP contribution is -2.22. The Kier molecular flexibility index (Phi) is 5.54.